The smallest absolute Gasteiger partial charge is 0.269 e. The Morgan fingerprint density at radius 3 is 2.05 bits per heavy atom. The lowest BCUT2D eigenvalue weighted by molar-refractivity contribution is -0.284. The van der Waals surface area contributed by atoms with Gasteiger partial charge in [-0.2, -0.15) is 0 Å². The van der Waals surface area contributed by atoms with Crippen molar-refractivity contribution in [1.29, 1.82) is 0 Å². The zero-order valence-corrected chi connectivity index (χ0v) is 10.8. The minimum Gasteiger partial charge on any atom is -0.506 e. The molecule has 0 aliphatic heterocycles. The third kappa shape index (κ3) is 2.88. The fraction of sp³-hybridized carbons (Fsp3) is 0. The molecule has 2 rings (SSSR count). The van der Waals surface area contributed by atoms with Crippen LogP contribution in [-0.4, -0.2) is 13.8 Å². The largest absolute Gasteiger partial charge is 0.506 e. The molecule has 7 nitrogen and oxygen atoms in total. The van der Waals surface area contributed by atoms with Crippen molar-refractivity contribution in [2.75, 3.05) is 0 Å². The Morgan fingerprint density at radius 1 is 0.947 bits per heavy atom. The molecule has 0 saturated heterocycles. The van der Waals surface area contributed by atoms with Crippen LogP contribution in [0.1, 0.15) is 0 Å². The van der Waals surface area contributed by atoms with Crippen molar-refractivity contribution < 1.29 is 13.8 Å². The highest BCUT2D eigenvalue weighted by Gasteiger charge is 2.20. The molecule has 0 radical (unpaired) electrons. The summed E-state index contributed by atoms with van der Waals surface area (Å²) in [7, 11) is 0. The molecule has 0 aliphatic rings. The SMILES string of the molecule is O=[N+]([O-])Sc1cc(S[N+](=O)[O-])c2ccccc2c1O. The molecule has 0 saturated carbocycles. The highest BCUT2D eigenvalue weighted by molar-refractivity contribution is 7.94. The van der Waals surface area contributed by atoms with Gasteiger partial charge in [0.05, 0.1) is 4.90 Å². The molecule has 0 aliphatic carbocycles. The minimum atomic E-state index is -0.676. The predicted octanol–water partition coefficient (Wildman–Crippen LogP) is 3.11. The second-order valence-electron chi connectivity index (χ2n) is 3.40. The maximum absolute atomic E-state index is 10.6. The van der Waals surface area contributed by atoms with Crippen molar-refractivity contribution in [3.8, 4) is 5.75 Å². The number of nitro groups is 2. The maximum Gasteiger partial charge on any atom is 0.269 e. The number of nitrogens with zero attached hydrogens (tertiary/aromatic N) is 2. The van der Waals surface area contributed by atoms with Crippen molar-refractivity contribution in [1.82, 2.24) is 0 Å². The number of aromatic hydroxyl groups is 1. The van der Waals surface area contributed by atoms with E-state index in [2.05, 4.69) is 0 Å². The van der Waals surface area contributed by atoms with Gasteiger partial charge in [0.1, 0.15) is 19.3 Å². The van der Waals surface area contributed by atoms with Crippen LogP contribution >= 0.6 is 23.9 Å². The quantitative estimate of drug-likeness (QED) is 0.525. The first-order valence-electron chi connectivity index (χ1n) is 4.88. The molecule has 9 heteroatoms. The van der Waals surface area contributed by atoms with Crippen molar-refractivity contribution >= 4 is 34.7 Å². The van der Waals surface area contributed by atoms with Crippen LogP contribution in [0.25, 0.3) is 10.8 Å². The molecular formula is C10H6N2O5S2. The lowest BCUT2D eigenvalue weighted by atomic mass is 10.1. The highest BCUT2D eigenvalue weighted by Crippen LogP contribution is 2.40. The van der Waals surface area contributed by atoms with Gasteiger partial charge in [0.15, 0.2) is 0 Å². The van der Waals surface area contributed by atoms with E-state index in [-0.39, 0.29) is 27.5 Å². The number of benzene rings is 2. The number of fused-ring (bicyclic) bond motifs is 1. The third-order valence-electron chi connectivity index (χ3n) is 2.29. The summed E-state index contributed by atoms with van der Waals surface area (Å²) in [5.41, 5.74) is 0. The summed E-state index contributed by atoms with van der Waals surface area (Å²) in [5, 5.41) is 31.9. The molecule has 0 fully saturated rings. The fourth-order valence-corrected chi connectivity index (χ4v) is 2.82. The predicted molar refractivity (Wildman–Crippen MR) is 71.3 cm³/mol. The molecule has 0 bridgehead atoms. The molecule has 0 spiro atoms. The van der Waals surface area contributed by atoms with Crippen molar-refractivity contribution in [2.24, 2.45) is 0 Å². The van der Waals surface area contributed by atoms with Gasteiger partial charge in [-0.1, -0.05) is 24.3 Å². The van der Waals surface area contributed by atoms with Crippen molar-refractivity contribution in [3.05, 3.63) is 50.6 Å². The van der Waals surface area contributed by atoms with Crippen LogP contribution in [0, 0.1) is 20.2 Å². The highest BCUT2D eigenvalue weighted by atomic mass is 32.2. The zero-order valence-electron chi connectivity index (χ0n) is 9.18. The molecule has 0 heterocycles. The first-order chi connectivity index (χ1) is 8.99. The molecule has 98 valence electrons. The summed E-state index contributed by atoms with van der Waals surface area (Å²) >= 11 is 0.570. The average molecular weight is 298 g/mol. The van der Waals surface area contributed by atoms with Gasteiger partial charge in [-0.3, -0.25) is 20.2 Å². The van der Waals surface area contributed by atoms with Crippen LogP contribution in [0.3, 0.4) is 0 Å². The van der Waals surface area contributed by atoms with E-state index in [0.717, 1.165) is 0 Å². The molecule has 2 aromatic carbocycles. The van der Waals surface area contributed by atoms with E-state index < -0.39 is 8.66 Å². The van der Waals surface area contributed by atoms with Crippen LogP contribution in [-0.2, 0) is 0 Å². The van der Waals surface area contributed by atoms with Gasteiger partial charge < -0.3 is 5.11 Å². The van der Waals surface area contributed by atoms with Crippen LogP contribution < -0.4 is 0 Å². The molecular weight excluding hydrogens is 292 g/mol. The Hall–Kier alpha value is -2.00. The second-order valence-corrected chi connectivity index (χ2v) is 5.24. The summed E-state index contributed by atoms with van der Waals surface area (Å²) in [6.45, 7) is 0. The van der Waals surface area contributed by atoms with E-state index in [1.165, 1.54) is 6.07 Å². The molecule has 0 atom stereocenters. The number of hydrogen-bond acceptors (Lipinski definition) is 7. The van der Waals surface area contributed by atoms with Crippen molar-refractivity contribution in [3.63, 3.8) is 0 Å². The topological polar surface area (TPSA) is 107 Å². The average Bonchev–Trinajstić information content (AvgIpc) is 2.34. The van der Waals surface area contributed by atoms with E-state index in [4.69, 9.17) is 0 Å². The summed E-state index contributed by atoms with van der Waals surface area (Å²) in [5.74, 6) is -0.245. The number of rotatable bonds is 4. The molecule has 0 unspecified atom stereocenters. The van der Waals surface area contributed by atoms with Gasteiger partial charge >= 0.3 is 0 Å². The zero-order chi connectivity index (χ0) is 14.0. The number of hydrogen-bond donors (Lipinski definition) is 1. The van der Waals surface area contributed by atoms with Crippen LogP contribution in [0.15, 0.2) is 40.1 Å². The second kappa shape index (κ2) is 5.33. The Labute approximate surface area is 115 Å². The number of phenols is 1. The molecule has 0 aromatic heterocycles. The van der Waals surface area contributed by atoms with Gasteiger partial charge in [0.25, 0.3) is 23.9 Å². The van der Waals surface area contributed by atoms with Gasteiger partial charge in [-0.05, 0) is 6.07 Å². The van der Waals surface area contributed by atoms with E-state index >= 15 is 0 Å². The normalized spacial score (nSPS) is 10.5. The minimum absolute atomic E-state index is 0.0203. The standard InChI is InChI=1S/C10H6N2O5S2/c13-10-7-4-2-1-3-6(7)8(18-11(14)15)5-9(10)19-12(16)17/h1-5,13H. The summed E-state index contributed by atoms with van der Waals surface area (Å²) in [4.78, 5) is 21.3. The van der Waals surface area contributed by atoms with E-state index in [1.54, 1.807) is 24.3 Å². The molecule has 0 amide bonds. The third-order valence-corrected chi connectivity index (χ3v) is 3.63. The van der Waals surface area contributed by atoms with Gasteiger partial charge in [0.2, 0.25) is 0 Å². The van der Waals surface area contributed by atoms with Crippen LogP contribution in [0.2, 0.25) is 0 Å². The van der Waals surface area contributed by atoms with Gasteiger partial charge in [-0.25, -0.2) is 0 Å². The Bertz CT molecular complexity index is 676. The lowest BCUT2D eigenvalue weighted by Gasteiger charge is -2.06. The fourth-order valence-electron chi connectivity index (χ4n) is 1.61. The first-order valence-corrected chi connectivity index (χ1v) is 6.43. The molecule has 19 heavy (non-hydrogen) atoms. The Morgan fingerprint density at radius 2 is 1.47 bits per heavy atom. The Kier molecular flexibility index (Phi) is 3.76. The summed E-state index contributed by atoms with van der Waals surface area (Å²) in [6, 6.07) is 7.73. The van der Waals surface area contributed by atoms with Gasteiger partial charge in [-0.15, -0.1) is 0 Å². The summed E-state index contributed by atoms with van der Waals surface area (Å²) in [6.07, 6.45) is 0. The van der Waals surface area contributed by atoms with Crippen molar-refractivity contribution in [2.45, 2.75) is 9.79 Å². The van der Waals surface area contributed by atoms with E-state index in [1.807, 2.05) is 0 Å². The summed E-state index contributed by atoms with van der Waals surface area (Å²) < 4.78 is -1.27. The maximum atomic E-state index is 10.6. The van der Waals surface area contributed by atoms with E-state index in [0.29, 0.717) is 22.7 Å². The monoisotopic (exact) mass is 298 g/mol. The molecule has 2 aromatic rings. The first kappa shape index (κ1) is 13.4. The van der Waals surface area contributed by atoms with E-state index in [9.17, 15) is 25.3 Å². The number of phenolic OH excluding ortho intramolecular Hbond substituents is 1. The van der Waals surface area contributed by atoms with Crippen LogP contribution in [0.5, 0.6) is 5.75 Å². The molecule has 1 N–H and O–H groups in total. The van der Waals surface area contributed by atoms with Gasteiger partial charge in [0, 0.05) is 10.8 Å². The lowest BCUT2D eigenvalue weighted by Crippen LogP contribution is -1.90. The van der Waals surface area contributed by atoms with Crippen LogP contribution in [0.4, 0.5) is 0 Å². The Balaban J connectivity index is 2.68.